The maximum absolute atomic E-state index is 12.2. The molecule has 0 atom stereocenters. The molecule has 0 bridgehead atoms. The van der Waals surface area contributed by atoms with Crippen molar-refractivity contribution in [3.05, 3.63) is 53.3 Å². The molecule has 4 nitrogen and oxygen atoms in total. The number of anilines is 1. The maximum atomic E-state index is 12.2. The van der Waals surface area contributed by atoms with Crippen LogP contribution in [0.15, 0.2) is 42.7 Å². The van der Waals surface area contributed by atoms with Gasteiger partial charge in [-0.05, 0) is 24.1 Å². The van der Waals surface area contributed by atoms with Crippen LogP contribution >= 0.6 is 11.6 Å². The predicted molar refractivity (Wildman–Crippen MR) is 84.0 cm³/mol. The first-order valence-electron chi connectivity index (χ1n) is 6.70. The number of aromatic nitrogens is 1. The van der Waals surface area contributed by atoms with Gasteiger partial charge in [-0.2, -0.15) is 0 Å². The SMILES string of the molecule is CC(C)COc1ccccc1NC(=O)c1ccncc1Cl. The van der Waals surface area contributed by atoms with E-state index in [0.29, 0.717) is 34.5 Å². The Morgan fingerprint density at radius 2 is 2.10 bits per heavy atom. The molecule has 2 rings (SSSR count). The van der Waals surface area contributed by atoms with Gasteiger partial charge >= 0.3 is 0 Å². The van der Waals surface area contributed by atoms with Gasteiger partial charge in [0.2, 0.25) is 0 Å². The number of pyridine rings is 1. The number of benzene rings is 1. The second-order valence-corrected chi connectivity index (χ2v) is 5.42. The third-order valence-corrected chi connectivity index (χ3v) is 3.03. The van der Waals surface area contributed by atoms with Gasteiger partial charge in [0.1, 0.15) is 5.75 Å². The Kier molecular flexibility index (Phi) is 5.17. The van der Waals surface area contributed by atoms with E-state index in [4.69, 9.17) is 16.3 Å². The summed E-state index contributed by atoms with van der Waals surface area (Å²) in [6, 6.07) is 8.90. The summed E-state index contributed by atoms with van der Waals surface area (Å²) >= 11 is 5.97. The number of nitrogens with one attached hydrogen (secondary N) is 1. The summed E-state index contributed by atoms with van der Waals surface area (Å²) in [4.78, 5) is 16.1. The lowest BCUT2D eigenvalue weighted by Gasteiger charge is -2.14. The van der Waals surface area contributed by atoms with Crippen LogP contribution in [-0.4, -0.2) is 17.5 Å². The number of nitrogens with zero attached hydrogens (tertiary/aromatic N) is 1. The molecular formula is C16H17ClN2O2. The van der Waals surface area contributed by atoms with Crippen molar-refractivity contribution in [2.75, 3.05) is 11.9 Å². The number of rotatable bonds is 5. The number of carbonyl (C=O) groups is 1. The Morgan fingerprint density at radius 1 is 1.33 bits per heavy atom. The molecule has 2 aromatic rings. The highest BCUT2D eigenvalue weighted by molar-refractivity contribution is 6.34. The van der Waals surface area contributed by atoms with Crippen molar-refractivity contribution in [2.45, 2.75) is 13.8 Å². The zero-order valence-corrected chi connectivity index (χ0v) is 12.7. The van der Waals surface area contributed by atoms with Crippen molar-refractivity contribution in [2.24, 2.45) is 5.92 Å². The van der Waals surface area contributed by atoms with Gasteiger partial charge in [-0.3, -0.25) is 9.78 Å². The molecule has 1 amide bonds. The maximum Gasteiger partial charge on any atom is 0.257 e. The zero-order chi connectivity index (χ0) is 15.2. The van der Waals surface area contributed by atoms with E-state index in [9.17, 15) is 4.79 Å². The van der Waals surface area contributed by atoms with Gasteiger partial charge < -0.3 is 10.1 Å². The fourth-order valence-electron chi connectivity index (χ4n) is 1.70. The van der Waals surface area contributed by atoms with E-state index < -0.39 is 0 Å². The van der Waals surface area contributed by atoms with Crippen LogP contribution < -0.4 is 10.1 Å². The second-order valence-electron chi connectivity index (χ2n) is 5.01. The minimum atomic E-state index is -0.289. The number of ether oxygens (including phenoxy) is 1. The molecular weight excluding hydrogens is 288 g/mol. The Hall–Kier alpha value is -2.07. The van der Waals surface area contributed by atoms with Crippen molar-refractivity contribution >= 4 is 23.2 Å². The van der Waals surface area contributed by atoms with Crippen LogP contribution in [0.25, 0.3) is 0 Å². The van der Waals surface area contributed by atoms with Crippen LogP contribution in [0.2, 0.25) is 5.02 Å². The first-order chi connectivity index (χ1) is 10.1. The summed E-state index contributed by atoms with van der Waals surface area (Å²) in [5.41, 5.74) is 1.00. The molecule has 1 heterocycles. The molecule has 0 aliphatic rings. The van der Waals surface area contributed by atoms with Crippen molar-refractivity contribution in [3.8, 4) is 5.75 Å². The predicted octanol–water partition coefficient (Wildman–Crippen LogP) is 4.02. The molecule has 1 N–H and O–H groups in total. The van der Waals surface area contributed by atoms with Crippen molar-refractivity contribution in [3.63, 3.8) is 0 Å². The van der Waals surface area contributed by atoms with Gasteiger partial charge in [0.15, 0.2) is 0 Å². The van der Waals surface area contributed by atoms with Crippen LogP contribution in [0.1, 0.15) is 24.2 Å². The highest BCUT2D eigenvalue weighted by atomic mass is 35.5. The largest absolute Gasteiger partial charge is 0.491 e. The second kappa shape index (κ2) is 7.09. The van der Waals surface area contributed by atoms with E-state index in [-0.39, 0.29) is 5.91 Å². The van der Waals surface area contributed by atoms with Crippen LogP contribution in [0.4, 0.5) is 5.69 Å². The smallest absolute Gasteiger partial charge is 0.257 e. The van der Waals surface area contributed by atoms with E-state index in [0.717, 1.165) is 0 Å². The summed E-state index contributed by atoms with van der Waals surface area (Å²) in [5.74, 6) is 0.760. The molecule has 1 aromatic carbocycles. The van der Waals surface area contributed by atoms with Gasteiger partial charge in [-0.15, -0.1) is 0 Å². The molecule has 0 radical (unpaired) electrons. The van der Waals surface area contributed by atoms with Crippen molar-refractivity contribution < 1.29 is 9.53 Å². The molecule has 0 aliphatic carbocycles. The lowest BCUT2D eigenvalue weighted by Crippen LogP contribution is -2.14. The molecule has 21 heavy (non-hydrogen) atoms. The Morgan fingerprint density at radius 3 is 2.81 bits per heavy atom. The van der Waals surface area contributed by atoms with Gasteiger partial charge in [0.25, 0.3) is 5.91 Å². The number of para-hydroxylation sites is 2. The molecule has 110 valence electrons. The first kappa shape index (κ1) is 15.3. The summed E-state index contributed by atoms with van der Waals surface area (Å²) in [7, 11) is 0. The molecule has 0 saturated heterocycles. The number of hydrogen-bond donors (Lipinski definition) is 1. The molecule has 0 saturated carbocycles. The molecule has 0 aliphatic heterocycles. The Bertz CT molecular complexity index is 629. The lowest BCUT2D eigenvalue weighted by molar-refractivity contribution is 0.102. The minimum Gasteiger partial charge on any atom is -0.491 e. The van der Waals surface area contributed by atoms with Gasteiger partial charge in [-0.25, -0.2) is 0 Å². The number of halogens is 1. The lowest BCUT2D eigenvalue weighted by atomic mass is 10.2. The zero-order valence-electron chi connectivity index (χ0n) is 12.0. The summed E-state index contributed by atoms with van der Waals surface area (Å²) in [6.07, 6.45) is 2.97. The van der Waals surface area contributed by atoms with Crippen LogP contribution in [0.5, 0.6) is 5.75 Å². The van der Waals surface area contributed by atoms with Gasteiger partial charge in [-0.1, -0.05) is 37.6 Å². The first-order valence-corrected chi connectivity index (χ1v) is 7.08. The average Bonchev–Trinajstić information content (AvgIpc) is 2.46. The third-order valence-electron chi connectivity index (χ3n) is 2.72. The molecule has 0 fully saturated rings. The molecule has 0 spiro atoms. The monoisotopic (exact) mass is 304 g/mol. The quantitative estimate of drug-likeness (QED) is 0.907. The molecule has 1 aromatic heterocycles. The van der Waals surface area contributed by atoms with E-state index in [1.165, 1.54) is 12.4 Å². The molecule has 5 heteroatoms. The number of carbonyl (C=O) groups excluding carboxylic acids is 1. The summed E-state index contributed by atoms with van der Waals surface area (Å²) in [6.45, 7) is 4.72. The van der Waals surface area contributed by atoms with Gasteiger partial charge in [0, 0.05) is 12.4 Å². The van der Waals surface area contributed by atoms with E-state index in [1.54, 1.807) is 12.1 Å². The van der Waals surface area contributed by atoms with Gasteiger partial charge in [0.05, 0.1) is 22.9 Å². The van der Waals surface area contributed by atoms with Crippen LogP contribution in [0.3, 0.4) is 0 Å². The third kappa shape index (κ3) is 4.20. The molecule has 0 unspecified atom stereocenters. The van der Waals surface area contributed by atoms with E-state index >= 15 is 0 Å². The topological polar surface area (TPSA) is 51.2 Å². The fourth-order valence-corrected chi connectivity index (χ4v) is 1.91. The minimum absolute atomic E-state index is 0.289. The normalized spacial score (nSPS) is 10.5. The highest BCUT2D eigenvalue weighted by Gasteiger charge is 2.12. The fraction of sp³-hybridized carbons (Fsp3) is 0.250. The van der Waals surface area contributed by atoms with Crippen molar-refractivity contribution in [1.82, 2.24) is 4.98 Å². The Labute approximate surface area is 129 Å². The van der Waals surface area contributed by atoms with E-state index in [1.807, 2.05) is 18.2 Å². The average molecular weight is 305 g/mol. The Balaban J connectivity index is 2.16. The van der Waals surface area contributed by atoms with E-state index in [2.05, 4.69) is 24.1 Å². The summed E-state index contributed by atoms with van der Waals surface area (Å²) in [5, 5.41) is 3.13. The standard InChI is InChI=1S/C16H17ClN2O2/c1-11(2)10-21-15-6-4-3-5-14(15)19-16(20)12-7-8-18-9-13(12)17/h3-9,11H,10H2,1-2H3,(H,19,20). The number of amides is 1. The number of hydrogen-bond acceptors (Lipinski definition) is 3. The van der Waals surface area contributed by atoms with Crippen LogP contribution in [0, 0.1) is 5.92 Å². The summed E-state index contributed by atoms with van der Waals surface area (Å²) < 4.78 is 5.71. The van der Waals surface area contributed by atoms with Crippen molar-refractivity contribution in [1.29, 1.82) is 0 Å². The van der Waals surface area contributed by atoms with Crippen LogP contribution in [-0.2, 0) is 0 Å². The highest BCUT2D eigenvalue weighted by Crippen LogP contribution is 2.25.